The van der Waals surface area contributed by atoms with Crippen molar-refractivity contribution in [3.8, 4) is 5.69 Å². The molecule has 6 heteroatoms. The Morgan fingerprint density at radius 1 is 1.27 bits per heavy atom. The molecule has 2 heterocycles. The van der Waals surface area contributed by atoms with Crippen LogP contribution in [0.5, 0.6) is 0 Å². The summed E-state index contributed by atoms with van der Waals surface area (Å²) in [6.45, 7) is 2.78. The number of benzene rings is 1. The molecule has 2 aromatic heterocycles. The highest BCUT2D eigenvalue weighted by Crippen LogP contribution is 2.38. The number of nitrogens with zero attached hydrogens (tertiary/aromatic N) is 3. The summed E-state index contributed by atoms with van der Waals surface area (Å²) in [7, 11) is 0. The maximum Gasteiger partial charge on any atom is 0.335 e. The van der Waals surface area contributed by atoms with Gasteiger partial charge in [-0.05, 0) is 62.1 Å². The molecule has 0 saturated heterocycles. The van der Waals surface area contributed by atoms with Gasteiger partial charge in [-0.2, -0.15) is 5.10 Å². The van der Waals surface area contributed by atoms with Crippen LogP contribution in [-0.2, 0) is 11.2 Å². The fourth-order valence-electron chi connectivity index (χ4n) is 3.62. The van der Waals surface area contributed by atoms with E-state index in [9.17, 15) is 4.79 Å². The molecule has 26 heavy (non-hydrogen) atoms. The van der Waals surface area contributed by atoms with Crippen molar-refractivity contribution in [1.82, 2.24) is 14.8 Å². The minimum atomic E-state index is -0.941. The first-order valence-electron chi connectivity index (χ1n) is 8.91. The molecule has 1 fully saturated rings. The molecule has 1 N–H and O–H groups in total. The fourth-order valence-corrected chi connectivity index (χ4v) is 3.62. The standard InChI is InChI=1S/C20H21N3O3/c1-2-26-20(8-3-9-20)11-14-10-16-13-22-23(18(16)21-12-14)17-6-4-15(5-7-17)19(24)25/h4-7,10,12-13H,2-3,8-9,11H2,1H3,(H,24,25). The van der Waals surface area contributed by atoms with E-state index in [4.69, 9.17) is 9.84 Å². The van der Waals surface area contributed by atoms with Crippen LogP contribution in [0.1, 0.15) is 42.1 Å². The molecule has 1 aromatic carbocycles. The van der Waals surface area contributed by atoms with Crippen molar-refractivity contribution in [1.29, 1.82) is 0 Å². The highest BCUT2D eigenvalue weighted by atomic mass is 16.5. The first-order chi connectivity index (χ1) is 12.6. The summed E-state index contributed by atoms with van der Waals surface area (Å²) in [5, 5.41) is 14.4. The summed E-state index contributed by atoms with van der Waals surface area (Å²) in [6.07, 6.45) is 8.00. The van der Waals surface area contributed by atoms with Crippen molar-refractivity contribution in [2.24, 2.45) is 0 Å². The van der Waals surface area contributed by atoms with E-state index in [-0.39, 0.29) is 11.2 Å². The van der Waals surface area contributed by atoms with E-state index < -0.39 is 5.97 Å². The molecule has 0 spiro atoms. The summed E-state index contributed by atoms with van der Waals surface area (Å²) in [5.41, 5.74) is 2.94. The highest BCUT2D eigenvalue weighted by molar-refractivity contribution is 5.87. The first-order valence-corrected chi connectivity index (χ1v) is 8.91. The van der Waals surface area contributed by atoms with E-state index in [2.05, 4.69) is 16.1 Å². The fraction of sp³-hybridized carbons (Fsp3) is 0.350. The van der Waals surface area contributed by atoms with E-state index in [1.807, 2.05) is 13.1 Å². The Morgan fingerprint density at radius 2 is 2.04 bits per heavy atom. The van der Waals surface area contributed by atoms with Crippen LogP contribution in [0.4, 0.5) is 0 Å². The molecule has 4 rings (SSSR count). The average Bonchev–Trinajstić information content (AvgIpc) is 3.03. The van der Waals surface area contributed by atoms with Crippen LogP contribution in [-0.4, -0.2) is 38.0 Å². The number of carboxylic acids is 1. The molecule has 0 aliphatic heterocycles. The smallest absolute Gasteiger partial charge is 0.335 e. The summed E-state index contributed by atoms with van der Waals surface area (Å²) in [5.74, 6) is -0.941. The molecule has 0 amide bonds. The van der Waals surface area contributed by atoms with Gasteiger partial charge in [-0.3, -0.25) is 0 Å². The van der Waals surface area contributed by atoms with Gasteiger partial charge in [0.2, 0.25) is 0 Å². The van der Waals surface area contributed by atoms with Crippen molar-refractivity contribution in [3.05, 3.63) is 53.9 Å². The first kappa shape index (κ1) is 16.7. The molecule has 3 aromatic rings. The lowest BCUT2D eigenvalue weighted by molar-refractivity contribution is -0.0938. The van der Waals surface area contributed by atoms with Gasteiger partial charge in [-0.25, -0.2) is 14.5 Å². The van der Waals surface area contributed by atoms with Gasteiger partial charge < -0.3 is 9.84 Å². The normalized spacial score (nSPS) is 15.7. The third-order valence-electron chi connectivity index (χ3n) is 5.07. The van der Waals surface area contributed by atoms with Crippen LogP contribution < -0.4 is 0 Å². The monoisotopic (exact) mass is 351 g/mol. The molecule has 6 nitrogen and oxygen atoms in total. The van der Waals surface area contributed by atoms with Crippen molar-refractivity contribution >= 4 is 17.0 Å². The molecule has 1 aliphatic carbocycles. The van der Waals surface area contributed by atoms with Crippen molar-refractivity contribution in [2.45, 2.75) is 38.2 Å². The van der Waals surface area contributed by atoms with Crippen LogP contribution in [0.25, 0.3) is 16.7 Å². The van der Waals surface area contributed by atoms with E-state index in [1.165, 1.54) is 6.42 Å². The van der Waals surface area contributed by atoms with Crippen molar-refractivity contribution in [3.63, 3.8) is 0 Å². The third-order valence-corrected chi connectivity index (χ3v) is 5.07. The third kappa shape index (κ3) is 2.97. The number of aromatic carboxylic acids is 1. The maximum atomic E-state index is 11.0. The molecular weight excluding hydrogens is 330 g/mol. The number of carbonyl (C=O) groups is 1. The molecule has 134 valence electrons. The summed E-state index contributed by atoms with van der Waals surface area (Å²) < 4.78 is 7.72. The van der Waals surface area contributed by atoms with Gasteiger partial charge in [0.25, 0.3) is 0 Å². The molecule has 0 unspecified atom stereocenters. The lowest BCUT2D eigenvalue weighted by atomic mass is 9.76. The largest absolute Gasteiger partial charge is 0.478 e. The zero-order chi connectivity index (χ0) is 18.1. The van der Waals surface area contributed by atoms with Crippen molar-refractivity contribution in [2.75, 3.05) is 6.61 Å². The Kier molecular flexibility index (Phi) is 4.20. The van der Waals surface area contributed by atoms with Crippen LogP contribution in [0, 0.1) is 0 Å². The number of hydrogen-bond acceptors (Lipinski definition) is 4. The second-order valence-corrected chi connectivity index (χ2v) is 6.81. The Balaban J connectivity index is 1.62. The zero-order valence-electron chi connectivity index (χ0n) is 14.7. The zero-order valence-corrected chi connectivity index (χ0v) is 14.7. The Hall–Kier alpha value is -2.73. The highest BCUT2D eigenvalue weighted by Gasteiger charge is 2.37. The second kappa shape index (κ2) is 6.53. The number of fused-ring (bicyclic) bond motifs is 1. The summed E-state index contributed by atoms with van der Waals surface area (Å²) in [4.78, 5) is 15.6. The Bertz CT molecular complexity index is 943. The number of aromatic nitrogens is 3. The topological polar surface area (TPSA) is 77.2 Å². The van der Waals surface area contributed by atoms with Gasteiger partial charge in [0.1, 0.15) is 0 Å². The van der Waals surface area contributed by atoms with E-state index in [0.29, 0.717) is 0 Å². The lowest BCUT2D eigenvalue weighted by Crippen LogP contribution is -2.42. The minimum absolute atomic E-state index is 0.0211. The second-order valence-electron chi connectivity index (χ2n) is 6.81. The van der Waals surface area contributed by atoms with Crippen LogP contribution in [0.15, 0.2) is 42.7 Å². The molecule has 0 bridgehead atoms. The quantitative estimate of drug-likeness (QED) is 0.734. The van der Waals surface area contributed by atoms with Gasteiger partial charge >= 0.3 is 5.97 Å². The molecule has 0 atom stereocenters. The minimum Gasteiger partial charge on any atom is -0.478 e. The van der Waals surface area contributed by atoms with Gasteiger partial charge in [0.15, 0.2) is 5.65 Å². The Morgan fingerprint density at radius 3 is 2.65 bits per heavy atom. The molecular formula is C20H21N3O3. The number of hydrogen-bond donors (Lipinski definition) is 1. The number of rotatable bonds is 6. The van der Waals surface area contributed by atoms with Gasteiger partial charge in [-0.1, -0.05) is 0 Å². The lowest BCUT2D eigenvalue weighted by Gasteiger charge is -2.41. The van der Waals surface area contributed by atoms with Gasteiger partial charge in [-0.15, -0.1) is 0 Å². The summed E-state index contributed by atoms with van der Waals surface area (Å²) in [6, 6.07) is 8.74. The van der Waals surface area contributed by atoms with E-state index in [1.54, 1.807) is 35.1 Å². The molecule has 1 aliphatic rings. The van der Waals surface area contributed by atoms with Gasteiger partial charge in [0.05, 0.1) is 23.0 Å². The van der Waals surface area contributed by atoms with Crippen molar-refractivity contribution < 1.29 is 14.6 Å². The molecule has 1 saturated carbocycles. The average molecular weight is 351 g/mol. The predicted octanol–water partition coefficient (Wildman–Crippen LogP) is 3.62. The summed E-state index contributed by atoms with van der Waals surface area (Å²) >= 11 is 0. The van der Waals surface area contributed by atoms with E-state index >= 15 is 0 Å². The maximum absolute atomic E-state index is 11.0. The van der Waals surface area contributed by atoms with Gasteiger partial charge in [0, 0.05) is 24.6 Å². The number of pyridine rings is 1. The van der Waals surface area contributed by atoms with E-state index in [0.717, 1.165) is 48.2 Å². The number of carboxylic acid groups (broad SMARTS) is 1. The Labute approximate surface area is 151 Å². The SMILES string of the molecule is CCOC1(Cc2cnc3c(cnn3-c3ccc(C(=O)O)cc3)c2)CCC1. The number of ether oxygens (including phenoxy) is 1. The van der Waals surface area contributed by atoms with Crippen LogP contribution >= 0.6 is 0 Å². The predicted molar refractivity (Wildman–Crippen MR) is 97.7 cm³/mol. The van der Waals surface area contributed by atoms with Crippen LogP contribution in [0.3, 0.4) is 0 Å². The molecule has 0 radical (unpaired) electrons. The van der Waals surface area contributed by atoms with Crippen LogP contribution in [0.2, 0.25) is 0 Å².